The fourth-order valence-electron chi connectivity index (χ4n) is 1.82. The van der Waals surface area contributed by atoms with E-state index in [-0.39, 0.29) is 6.61 Å². The molecule has 2 rings (SSSR count). The summed E-state index contributed by atoms with van der Waals surface area (Å²) in [6, 6.07) is 0. The van der Waals surface area contributed by atoms with Crippen LogP contribution in [0.5, 0.6) is 0 Å². The summed E-state index contributed by atoms with van der Waals surface area (Å²) in [6.45, 7) is 3.06. The van der Waals surface area contributed by atoms with Gasteiger partial charge in [-0.05, 0) is 31.8 Å². The summed E-state index contributed by atoms with van der Waals surface area (Å²) < 4.78 is 1.83. The molecule has 0 amide bonds. The maximum Gasteiger partial charge on any atom is 0.175 e. The van der Waals surface area contributed by atoms with Crippen molar-refractivity contribution in [1.82, 2.24) is 20.1 Å². The smallest absolute Gasteiger partial charge is 0.175 e. The molecule has 2 heterocycles. The monoisotopic (exact) mass is 196 g/mol. The van der Waals surface area contributed by atoms with Gasteiger partial charge in [0.15, 0.2) is 5.82 Å². The SMILES string of the molecule is OCc1ncn(CC2CCNCC2)n1. The van der Waals surface area contributed by atoms with Crippen molar-refractivity contribution in [2.45, 2.75) is 26.0 Å². The highest BCUT2D eigenvalue weighted by molar-refractivity contribution is 4.78. The van der Waals surface area contributed by atoms with Gasteiger partial charge in [0.05, 0.1) is 0 Å². The second kappa shape index (κ2) is 4.52. The minimum Gasteiger partial charge on any atom is -0.388 e. The average molecular weight is 196 g/mol. The molecule has 1 aromatic rings. The normalized spacial score (nSPS) is 18.6. The number of nitrogens with one attached hydrogen (secondary N) is 1. The third-order valence-electron chi connectivity index (χ3n) is 2.63. The van der Waals surface area contributed by atoms with Crippen molar-refractivity contribution in [2.75, 3.05) is 13.1 Å². The van der Waals surface area contributed by atoms with Crippen molar-refractivity contribution < 1.29 is 5.11 Å². The van der Waals surface area contributed by atoms with Crippen molar-refractivity contribution in [2.24, 2.45) is 5.92 Å². The molecule has 0 bridgehead atoms. The van der Waals surface area contributed by atoms with Gasteiger partial charge in [-0.15, -0.1) is 0 Å². The minimum atomic E-state index is -0.0702. The number of aliphatic hydroxyl groups excluding tert-OH is 1. The number of aliphatic hydroxyl groups is 1. The summed E-state index contributed by atoms with van der Waals surface area (Å²) in [5.41, 5.74) is 0. The molecular formula is C9H16N4O. The first-order chi connectivity index (χ1) is 6.88. The Morgan fingerprint density at radius 1 is 1.50 bits per heavy atom. The lowest BCUT2D eigenvalue weighted by Gasteiger charge is -2.21. The molecule has 78 valence electrons. The molecule has 5 heteroatoms. The lowest BCUT2D eigenvalue weighted by Crippen LogP contribution is -2.30. The Hall–Kier alpha value is -0.940. The molecular weight excluding hydrogens is 180 g/mol. The number of aromatic nitrogens is 3. The molecule has 1 aromatic heterocycles. The highest BCUT2D eigenvalue weighted by Crippen LogP contribution is 2.13. The van der Waals surface area contributed by atoms with E-state index in [1.54, 1.807) is 6.33 Å². The van der Waals surface area contributed by atoms with E-state index in [1.165, 1.54) is 12.8 Å². The second-order valence-electron chi connectivity index (χ2n) is 3.73. The van der Waals surface area contributed by atoms with E-state index in [9.17, 15) is 0 Å². The van der Waals surface area contributed by atoms with Crippen LogP contribution in [0, 0.1) is 5.92 Å². The molecule has 0 aromatic carbocycles. The zero-order valence-corrected chi connectivity index (χ0v) is 8.19. The highest BCUT2D eigenvalue weighted by atomic mass is 16.3. The fraction of sp³-hybridized carbons (Fsp3) is 0.778. The predicted molar refractivity (Wildman–Crippen MR) is 51.5 cm³/mol. The van der Waals surface area contributed by atoms with E-state index in [0.717, 1.165) is 19.6 Å². The quantitative estimate of drug-likeness (QED) is 0.701. The zero-order chi connectivity index (χ0) is 9.80. The van der Waals surface area contributed by atoms with Gasteiger partial charge in [0.1, 0.15) is 12.9 Å². The Balaban J connectivity index is 1.89. The van der Waals surface area contributed by atoms with Crippen molar-refractivity contribution in [3.8, 4) is 0 Å². The van der Waals surface area contributed by atoms with Crippen LogP contribution >= 0.6 is 0 Å². The highest BCUT2D eigenvalue weighted by Gasteiger charge is 2.13. The van der Waals surface area contributed by atoms with Crippen molar-refractivity contribution in [3.63, 3.8) is 0 Å². The zero-order valence-electron chi connectivity index (χ0n) is 8.19. The van der Waals surface area contributed by atoms with Crippen LogP contribution in [0.15, 0.2) is 6.33 Å². The van der Waals surface area contributed by atoms with Crippen molar-refractivity contribution in [1.29, 1.82) is 0 Å². The minimum absolute atomic E-state index is 0.0702. The largest absolute Gasteiger partial charge is 0.388 e. The van der Waals surface area contributed by atoms with Crippen LogP contribution in [0.2, 0.25) is 0 Å². The molecule has 0 atom stereocenters. The standard InChI is InChI=1S/C9H16N4O/c14-6-9-11-7-13(12-9)5-8-1-3-10-4-2-8/h7-8,10,14H,1-6H2. The van der Waals surface area contributed by atoms with E-state index in [2.05, 4.69) is 15.4 Å². The molecule has 0 unspecified atom stereocenters. The summed E-state index contributed by atoms with van der Waals surface area (Å²) in [5, 5.41) is 16.3. The lowest BCUT2D eigenvalue weighted by molar-refractivity contribution is 0.268. The summed E-state index contributed by atoms with van der Waals surface area (Å²) in [7, 11) is 0. The molecule has 1 fully saturated rings. The molecule has 1 saturated heterocycles. The van der Waals surface area contributed by atoms with Gasteiger partial charge in [-0.25, -0.2) is 4.98 Å². The van der Waals surface area contributed by atoms with Crippen LogP contribution in [0.4, 0.5) is 0 Å². The average Bonchev–Trinajstić information content (AvgIpc) is 2.67. The van der Waals surface area contributed by atoms with E-state index in [0.29, 0.717) is 11.7 Å². The molecule has 2 N–H and O–H groups in total. The fourth-order valence-corrected chi connectivity index (χ4v) is 1.82. The van der Waals surface area contributed by atoms with Crippen molar-refractivity contribution >= 4 is 0 Å². The maximum absolute atomic E-state index is 8.81. The van der Waals surface area contributed by atoms with E-state index >= 15 is 0 Å². The number of rotatable bonds is 3. The Bertz CT molecular complexity index is 280. The third-order valence-corrected chi connectivity index (χ3v) is 2.63. The number of hydrogen-bond acceptors (Lipinski definition) is 4. The summed E-state index contributed by atoms with van der Waals surface area (Å²) in [6.07, 6.45) is 4.11. The van der Waals surface area contributed by atoms with Gasteiger partial charge >= 0.3 is 0 Å². The molecule has 1 aliphatic rings. The summed E-state index contributed by atoms with van der Waals surface area (Å²) in [5.74, 6) is 1.21. The second-order valence-corrected chi connectivity index (χ2v) is 3.73. The maximum atomic E-state index is 8.81. The molecule has 0 aliphatic carbocycles. The summed E-state index contributed by atoms with van der Waals surface area (Å²) >= 11 is 0. The molecule has 0 spiro atoms. The van der Waals surface area contributed by atoms with Gasteiger partial charge in [-0.1, -0.05) is 0 Å². The Kier molecular flexibility index (Phi) is 3.10. The Labute approximate surface area is 83.2 Å². The number of nitrogens with zero attached hydrogens (tertiary/aromatic N) is 3. The third kappa shape index (κ3) is 2.30. The van der Waals surface area contributed by atoms with E-state index < -0.39 is 0 Å². The van der Waals surface area contributed by atoms with Gasteiger partial charge in [-0.3, -0.25) is 4.68 Å². The molecule has 5 nitrogen and oxygen atoms in total. The van der Waals surface area contributed by atoms with Crippen LogP contribution in [0.3, 0.4) is 0 Å². The van der Waals surface area contributed by atoms with Crippen LogP contribution < -0.4 is 5.32 Å². The first kappa shape index (κ1) is 9.61. The van der Waals surface area contributed by atoms with E-state index in [4.69, 9.17) is 5.11 Å². The van der Waals surface area contributed by atoms with Crippen molar-refractivity contribution in [3.05, 3.63) is 12.2 Å². The molecule has 14 heavy (non-hydrogen) atoms. The van der Waals surface area contributed by atoms with Gasteiger partial charge in [0, 0.05) is 6.54 Å². The first-order valence-corrected chi connectivity index (χ1v) is 5.08. The lowest BCUT2D eigenvalue weighted by atomic mass is 9.98. The van der Waals surface area contributed by atoms with E-state index in [1.807, 2.05) is 4.68 Å². The number of hydrogen-bond donors (Lipinski definition) is 2. The molecule has 0 radical (unpaired) electrons. The molecule has 0 saturated carbocycles. The Morgan fingerprint density at radius 2 is 2.29 bits per heavy atom. The summed E-state index contributed by atoms with van der Waals surface area (Å²) in [4.78, 5) is 3.99. The molecule has 1 aliphatic heterocycles. The van der Waals surface area contributed by atoms with Crippen LogP contribution in [0.1, 0.15) is 18.7 Å². The van der Waals surface area contributed by atoms with Gasteiger partial charge in [0.2, 0.25) is 0 Å². The Morgan fingerprint density at radius 3 is 2.93 bits per heavy atom. The topological polar surface area (TPSA) is 63.0 Å². The number of piperidine rings is 1. The first-order valence-electron chi connectivity index (χ1n) is 5.08. The van der Waals surface area contributed by atoms with Gasteiger partial charge in [-0.2, -0.15) is 5.10 Å². The van der Waals surface area contributed by atoms with Gasteiger partial charge in [0.25, 0.3) is 0 Å². The van der Waals surface area contributed by atoms with Gasteiger partial charge < -0.3 is 10.4 Å². The van der Waals surface area contributed by atoms with Crippen LogP contribution in [-0.2, 0) is 13.2 Å². The van der Waals surface area contributed by atoms with Crippen LogP contribution in [-0.4, -0.2) is 33.0 Å². The predicted octanol–water partition coefficient (Wildman–Crippen LogP) is -0.230. The van der Waals surface area contributed by atoms with Crippen LogP contribution in [0.25, 0.3) is 0 Å².